The number of carbonyl (C=O) groups is 2. The van der Waals surface area contributed by atoms with Gasteiger partial charge in [-0.25, -0.2) is 0 Å². The molecule has 56 valence electrons. The third-order valence-corrected chi connectivity index (χ3v) is 0.610. The summed E-state index contributed by atoms with van der Waals surface area (Å²) in [6.45, 7) is 4.51. The first-order chi connectivity index (χ1) is 4.66. The van der Waals surface area contributed by atoms with Gasteiger partial charge in [-0.15, -0.1) is 5.53 Å². The molecule has 0 aromatic heterocycles. The third kappa shape index (κ3) is 4.79. The molecule has 0 aliphatic heterocycles. The molecule has 5 heteroatoms. The Bertz CT molecular complexity index is 155. The van der Waals surface area contributed by atoms with E-state index in [1.54, 1.807) is 0 Å². The summed E-state index contributed by atoms with van der Waals surface area (Å²) in [6, 6.07) is 0. The Kier molecular flexibility index (Phi) is 3.90. The smallest absolute Gasteiger partial charge is 0.258 e. The van der Waals surface area contributed by atoms with E-state index >= 15 is 0 Å². The summed E-state index contributed by atoms with van der Waals surface area (Å²) >= 11 is 0. The molecular formula is C5H9N3O2. The molecule has 0 fully saturated rings. The Morgan fingerprint density at radius 1 is 1.40 bits per heavy atom. The van der Waals surface area contributed by atoms with Crippen LogP contribution in [0, 0.1) is 0 Å². The second-order valence-electron chi connectivity index (χ2n) is 1.50. The molecule has 5 nitrogen and oxygen atoms in total. The molecule has 0 bridgehead atoms. The monoisotopic (exact) mass is 143 g/mol. The van der Waals surface area contributed by atoms with Crippen molar-refractivity contribution in [2.24, 2.45) is 0 Å². The molecule has 0 atom stereocenters. The zero-order valence-corrected chi connectivity index (χ0v) is 5.60. The van der Waals surface area contributed by atoms with Gasteiger partial charge in [0.15, 0.2) is 0 Å². The van der Waals surface area contributed by atoms with Crippen molar-refractivity contribution in [3.05, 3.63) is 12.7 Å². The number of amides is 2. The molecular weight excluding hydrogens is 134 g/mol. The van der Waals surface area contributed by atoms with Gasteiger partial charge in [-0.2, -0.15) is 0 Å². The minimum absolute atomic E-state index is 0.288. The Hall–Kier alpha value is -1.36. The van der Waals surface area contributed by atoms with Crippen LogP contribution in [0.15, 0.2) is 12.7 Å². The van der Waals surface area contributed by atoms with Crippen molar-refractivity contribution in [1.29, 1.82) is 0 Å². The van der Waals surface area contributed by atoms with E-state index < -0.39 is 5.91 Å². The molecule has 0 spiro atoms. The maximum absolute atomic E-state index is 10.4. The Labute approximate surface area is 58.4 Å². The van der Waals surface area contributed by atoms with Crippen molar-refractivity contribution in [1.82, 2.24) is 16.4 Å². The highest BCUT2D eigenvalue weighted by Crippen LogP contribution is 1.58. The Morgan fingerprint density at radius 3 is 2.40 bits per heavy atom. The molecule has 0 unspecified atom stereocenters. The average molecular weight is 143 g/mol. The van der Waals surface area contributed by atoms with Crippen molar-refractivity contribution < 1.29 is 9.59 Å². The van der Waals surface area contributed by atoms with Gasteiger partial charge in [-0.1, -0.05) is 6.58 Å². The number of carbonyl (C=O) groups excluding carboxylic acids is 2. The Morgan fingerprint density at radius 2 is 2.00 bits per heavy atom. The zero-order valence-electron chi connectivity index (χ0n) is 5.60. The van der Waals surface area contributed by atoms with Crippen LogP contribution in [0.3, 0.4) is 0 Å². The quantitative estimate of drug-likeness (QED) is 0.345. The van der Waals surface area contributed by atoms with Gasteiger partial charge in [0.05, 0.1) is 0 Å². The molecule has 0 aliphatic carbocycles. The lowest BCUT2D eigenvalue weighted by Gasteiger charge is -2.02. The molecule has 0 heterocycles. The normalized spacial score (nSPS) is 8.10. The van der Waals surface area contributed by atoms with E-state index in [1.165, 1.54) is 6.92 Å². The van der Waals surface area contributed by atoms with E-state index in [-0.39, 0.29) is 5.91 Å². The number of hydrazine groups is 2. The molecule has 0 aliphatic rings. The van der Waals surface area contributed by atoms with Crippen LogP contribution in [-0.4, -0.2) is 11.8 Å². The summed E-state index contributed by atoms with van der Waals surface area (Å²) in [5, 5.41) is 0. The summed E-state index contributed by atoms with van der Waals surface area (Å²) in [7, 11) is 0. The molecule has 0 aromatic carbocycles. The molecule has 0 radical (unpaired) electrons. The van der Waals surface area contributed by atoms with Crippen LogP contribution in [0.2, 0.25) is 0 Å². The molecule has 0 saturated carbocycles. The molecule has 2 amide bonds. The van der Waals surface area contributed by atoms with Crippen LogP contribution in [-0.2, 0) is 9.59 Å². The number of rotatable bonds is 3. The van der Waals surface area contributed by atoms with E-state index in [0.29, 0.717) is 0 Å². The lowest BCUT2D eigenvalue weighted by Crippen LogP contribution is -2.47. The minimum Gasteiger partial charge on any atom is -0.274 e. The van der Waals surface area contributed by atoms with Crippen molar-refractivity contribution >= 4 is 11.8 Å². The summed E-state index contributed by atoms with van der Waals surface area (Å²) < 4.78 is 0. The topological polar surface area (TPSA) is 70.2 Å². The number of hydrogen-bond acceptors (Lipinski definition) is 3. The van der Waals surface area contributed by atoms with Gasteiger partial charge in [-0.3, -0.25) is 20.4 Å². The first kappa shape index (κ1) is 8.64. The molecule has 0 aromatic rings. The maximum atomic E-state index is 10.4. The van der Waals surface area contributed by atoms with Crippen molar-refractivity contribution in [2.75, 3.05) is 0 Å². The van der Waals surface area contributed by atoms with Crippen molar-refractivity contribution in [2.45, 2.75) is 6.92 Å². The standard InChI is InChI=1S/C5H9N3O2/c1-3-5(10)7-8-6-4(2)9/h3,8H,1H2,2H3,(H,6,9)(H,7,10). The number of hydrogen-bond donors (Lipinski definition) is 3. The fourth-order valence-electron chi connectivity index (χ4n) is 0.232. The predicted molar refractivity (Wildman–Crippen MR) is 35.3 cm³/mol. The van der Waals surface area contributed by atoms with Crippen molar-refractivity contribution in [3.63, 3.8) is 0 Å². The first-order valence-corrected chi connectivity index (χ1v) is 2.61. The molecule has 0 saturated heterocycles. The van der Waals surface area contributed by atoms with Crippen LogP contribution in [0.25, 0.3) is 0 Å². The lowest BCUT2D eigenvalue weighted by molar-refractivity contribution is -0.121. The summed E-state index contributed by atoms with van der Waals surface area (Å²) in [6.07, 6.45) is 1.08. The lowest BCUT2D eigenvalue weighted by atomic mass is 10.6. The maximum Gasteiger partial charge on any atom is 0.258 e. The van der Waals surface area contributed by atoms with Crippen molar-refractivity contribution in [3.8, 4) is 0 Å². The van der Waals surface area contributed by atoms with Gasteiger partial charge in [0.2, 0.25) is 5.91 Å². The van der Waals surface area contributed by atoms with Gasteiger partial charge in [-0.05, 0) is 6.08 Å². The van der Waals surface area contributed by atoms with E-state index in [2.05, 4.69) is 23.0 Å². The highest BCUT2D eigenvalue weighted by molar-refractivity contribution is 5.86. The summed E-state index contributed by atoms with van der Waals surface area (Å²) in [5.41, 5.74) is 6.43. The van der Waals surface area contributed by atoms with Crippen LogP contribution >= 0.6 is 0 Å². The zero-order chi connectivity index (χ0) is 7.98. The number of nitrogens with one attached hydrogen (secondary N) is 3. The third-order valence-electron chi connectivity index (χ3n) is 0.610. The van der Waals surface area contributed by atoms with E-state index in [0.717, 1.165) is 6.08 Å². The molecule has 10 heavy (non-hydrogen) atoms. The van der Waals surface area contributed by atoms with Crippen LogP contribution < -0.4 is 16.4 Å². The van der Waals surface area contributed by atoms with Gasteiger partial charge in [0.1, 0.15) is 0 Å². The second kappa shape index (κ2) is 4.51. The van der Waals surface area contributed by atoms with Crippen LogP contribution in [0.5, 0.6) is 0 Å². The van der Waals surface area contributed by atoms with Crippen LogP contribution in [0.4, 0.5) is 0 Å². The molecule has 3 N–H and O–H groups in total. The van der Waals surface area contributed by atoms with E-state index in [4.69, 9.17) is 0 Å². The highest BCUT2D eigenvalue weighted by atomic mass is 16.2. The highest BCUT2D eigenvalue weighted by Gasteiger charge is 1.90. The Balaban J connectivity index is 3.28. The van der Waals surface area contributed by atoms with Crippen LogP contribution in [0.1, 0.15) is 6.92 Å². The first-order valence-electron chi connectivity index (χ1n) is 2.61. The van der Waals surface area contributed by atoms with E-state index in [9.17, 15) is 9.59 Å². The minimum atomic E-state index is -0.409. The summed E-state index contributed by atoms with van der Waals surface area (Å²) in [5.74, 6) is -0.696. The summed E-state index contributed by atoms with van der Waals surface area (Å²) in [4.78, 5) is 20.5. The average Bonchev–Trinajstić information content (AvgIpc) is 1.87. The SMILES string of the molecule is C=CC(=O)NNNC(C)=O. The van der Waals surface area contributed by atoms with Gasteiger partial charge >= 0.3 is 0 Å². The largest absolute Gasteiger partial charge is 0.274 e. The van der Waals surface area contributed by atoms with Gasteiger partial charge in [0, 0.05) is 6.92 Å². The van der Waals surface area contributed by atoms with Gasteiger partial charge < -0.3 is 0 Å². The molecule has 0 rings (SSSR count). The fraction of sp³-hybridized carbons (Fsp3) is 0.200. The van der Waals surface area contributed by atoms with E-state index in [1.807, 2.05) is 0 Å². The van der Waals surface area contributed by atoms with Gasteiger partial charge in [0.25, 0.3) is 5.91 Å². The second-order valence-corrected chi connectivity index (χ2v) is 1.50. The fourth-order valence-corrected chi connectivity index (χ4v) is 0.232. The predicted octanol–water partition coefficient (Wildman–Crippen LogP) is -1.16.